The first-order valence-electron chi connectivity index (χ1n) is 5.96. The first-order chi connectivity index (χ1) is 8.27. The van der Waals surface area contributed by atoms with Crippen LogP contribution in [0.2, 0.25) is 0 Å². The van der Waals surface area contributed by atoms with Crippen LogP contribution < -0.4 is 11.1 Å². The van der Waals surface area contributed by atoms with E-state index >= 15 is 0 Å². The van der Waals surface area contributed by atoms with Gasteiger partial charge in [-0.1, -0.05) is 30.3 Å². The number of rotatable bonds is 3. The summed E-state index contributed by atoms with van der Waals surface area (Å²) in [7, 11) is 0. The summed E-state index contributed by atoms with van der Waals surface area (Å²) in [5.41, 5.74) is 6.74. The summed E-state index contributed by atoms with van der Waals surface area (Å²) < 4.78 is 5.31. The number of carbonyl (C=O) groups excluding carboxylic acids is 1. The lowest BCUT2D eigenvalue weighted by Gasteiger charge is -2.24. The second kappa shape index (κ2) is 5.80. The second-order valence-corrected chi connectivity index (χ2v) is 4.31. The van der Waals surface area contributed by atoms with Gasteiger partial charge in [-0.2, -0.15) is 0 Å². The lowest BCUT2D eigenvalue weighted by Crippen LogP contribution is -2.44. The second-order valence-electron chi connectivity index (χ2n) is 4.31. The monoisotopic (exact) mass is 234 g/mol. The van der Waals surface area contributed by atoms with Crippen LogP contribution in [0.5, 0.6) is 0 Å². The molecule has 1 aromatic carbocycles. The topological polar surface area (TPSA) is 64.4 Å². The van der Waals surface area contributed by atoms with Gasteiger partial charge in [-0.25, -0.2) is 0 Å². The summed E-state index contributed by atoms with van der Waals surface area (Å²) in [6, 6.07) is 8.90. The minimum atomic E-state index is -0.599. The van der Waals surface area contributed by atoms with Crippen molar-refractivity contribution in [1.29, 1.82) is 0 Å². The third-order valence-corrected chi connectivity index (χ3v) is 2.95. The number of hydrogen-bond donors (Lipinski definition) is 2. The van der Waals surface area contributed by atoms with Crippen LogP contribution in [-0.4, -0.2) is 25.2 Å². The van der Waals surface area contributed by atoms with Gasteiger partial charge in [0.05, 0.1) is 12.6 Å². The van der Waals surface area contributed by atoms with Crippen LogP contribution in [0, 0.1) is 0 Å². The molecule has 4 heteroatoms. The summed E-state index contributed by atoms with van der Waals surface area (Å²) in [6.07, 6.45) is 1.96. The number of ether oxygens (including phenoxy) is 1. The van der Waals surface area contributed by atoms with Gasteiger partial charge >= 0.3 is 0 Å². The van der Waals surface area contributed by atoms with E-state index in [2.05, 4.69) is 5.32 Å². The van der Waals surface area contributed by atoms with Gasteiger partial charge in [-0.15, -0.1) is 0 Å². The molecule has 0 saturated carbocycles. The Morgan fingerprint density at radius 3 is 2.82 bits per heavy atom. The zero-order chi connectivity index (χ0) is 12.1. The van der Waals surface area contributed by atoms with Gasteiger partial charge in [0.1, 0.15) is 6.04 Å². The standard InChI is InChI=1S/C13H18N2O2/c14-12(10-5-2-1-3-6-10)13(16)15-11-7-4-8-17-9-11/h1-3,5-6,11-12H,4,7-9,14H2,(H,15,16)/t11?,12-/m0/s1. The Bertz CT molecular complexity index is 361. The molecule has 1 fully saturated rings. The maximum absolute atomic E-state index is 11.9. The molecule has 92 valence electrons. The van der Waals surface area contributed by atoms with Crippen LogP contribution in [0.15, 0.2) is 30.3 Å². The molecule has 0 aromatic heterocycles. The SMILES string of the molecule is N[C@H](C(=O)NC1CCCOC1)c1ccccc1. The molecule has 0 spiro atoms. The normalized spacial score (nSPS) is 21.8. The molecule has 1 amide bonds. The number of carbonyl (C=O) groups is 1. The Kier molecular flexibility index (Phi) is 4.12. The van der Waals surface area contributed by atoms with Crippen molar-refractivity contribution in [2.45, 2.75) is 24.9 Å². The van der Waals surface area contributed by atoms with E-state index in [1.165, 1.54) is 0 Å². The number of benzene rings is 1. The molecule has 17 heavy (non-hydrogen) atoms. The molecule has 3 N–H and O–H groups in total. The van der Waals surface area contributed by atoms with Gasteiger partial charge in [-0.3, -0.25) is 4.79 Å². The van der Waals surface area contributed by atoms with Crippen molar-refractivity contribution >= 4 is 5.91 Å². The average molecular weight is 234 g/mol. The van der Waals surface area contributed by atoms with Crippen molar-refractivity contribution < 1.29 is 9.53 Å². The maximum Gasteiger partial charge on any atom is 0.241 e. The fraction of sp³-hybridized carbons (Fsp3) is 0.462. The molecule has 1 heterocycles. The molecular formula is C13H18N2O2. The lowest BCUT2D eigenvalue weighted by molar-refractivity contribution is -0.124. The largest absolute Gasteiger partial charge is 0.379 e. The molecule has 1 unspecified atom stereocenters. The molecule has 1 aliphatic heterocycles. The summed E-state index contributed by atoms with van der Waals surface area (Å²) in [5, 5.41) is 2.93. The third kappa shape index (κ3) is 3.28. The predicted molar refractivity (Wildman–Crippen MR) is 65.4 cm³/mol. The van der Waals surface area contributed by atoms with Gasteiger partial charge in [0.25, 0.3) is 0 Å². The van der Waals surface area contributed by atoms with E-state index in [0.717, 1.165) is 25.0 Å². The average Bonchev–Trinajstić information content (AvgIpc) is 2.40. The van der Waals surface area contributed by atoms with Crippen molar-refractivity contribution in [2.75, 3.05) is 13.2 Å². The van der Waals surface area contributed by atoms with E-state index in [4.69, 9.17) is 10.5 Å². The van der Waals surface area contributed by atoms with E-state index < -0.39 is 6.04 Å². The van der Waals surface area contributed by atoms with E-state index in [1.54, 1.807) is 0 Å². The van der Waals surface area contributed by atoms with E-state index in [0.29, 0.717) is 6.61 Å². The van der Waals surface area contributed by atoms with Gasteiger partial charge < -0.3 is 15.8 Å². The van der Waals surface area contributed by atoms with Crippen molar-refractivity contribution in [1.82, 2.24) is 5.32 Å². The molecule has 4 nitrogen and oxygen atoms in total. The summed E-state index contributed by atoms with van der Waals surface area (Å²) in [4.78, 5) is 11.9. The Hall–Kier alpha value is -1.39. The van der Waals surface area contributed by atoms with E-state index in [1.807, 2.05) is 30.3 Å². The fourth-order valence-corrected chi connectivity index (χ4v) is 1.96. The van der Waals surface area contributed by atoms with Crippen LogP contribution in [0.4, 0.5) is 0 Å². The number of hydrogen-bond acceptors (Lipinski definition) is 3. The first kappa shape index (κ1) is 12.1. The number of nitrogens with one attached hydrogen (secondary N) is 1. The highest BCUT2D eigenvalue weighted by Crippen LogP contribution is 2.11. The fourth-order valence-electron chi connectivity index (χ4n) is 1.96. The van der Waals surface area contributed by atoms with Crippen molar-refractivity contribution in [2.24, 2.45) is 5.73 Å². The third-order valence-electron chi connectivity index (χ3n) is 2.95. The van der Waals surface area contributed by atoms with Crippen molar-refractivity contribution in [3.8, 4) is 0 Å². The molecule has 0 aliphatic carbocycles. The Morgan fingerprint density at radius 2 is 2.18 bits per heavy atom. The van der Waals surface area contributed by atoms with Crippen LogP contribution in [0.25, 0.3) is 0 Å². The van der Waals surface area contributed by atoms with E-state index in [9.17, 15) is 4.79 Å². The highest BCUT2D eigenvalue weighted by atomic mass is 16.5. The van der Waals surface area contributed by atoms with Crippen LogP contribution in [0.3, 0.4) is 0 Å². The van der Waals surface area contributed by atoms with Crippen LogP contribution in [-0.2, 0) is 9.53 Å². The molecular weight excluding hydrogens is 216 g/mol. The molecule has 1 saturated heterocycles. The molecule has 1 aliphatic rings. The highest BCUT2D eigenvalue weighted by Gasteiger charge is 2.21. The first-order valence-corrected chi connectivity index (χ1v) is 5.96. The number of amides is 1. The zero-order valence-corrected chi connectivity index (χ0v) is 9.76. The molecule has 2 atom stereocenters. The van der Waals surface area contributed by atoms with Crippen molar-refractivity contribution in [3.63, 3.8) is 0 Å². The van der Waals surface area contributed by atoms with Crippen LogP contribution >= 0.6 is 0 Å². The minimum Gasteiger partial charge on any atom is -0.379 e. The van der Waals surface area contributed by atoms with Crippen molar-refractivity contribution in [3.05, 3.63) is 35.9 Å². The Labute approximate surface area is 101 Å². The minimum absolute atomic E-state index is 0.103. The van der Waals surface area contributed by atoms with Crippen LogP contribution in [0.1, 0.15) is 24.4 Å². The Balaban J connectivity index is 1.91. The molecule has 2 rings (SSSR count). The highest BCUT2D eigenvalue weighted by molar-refractivity contribution is 5.83. The Morgan fingerprint density at radius 1 is 1.41 bits per heavy atom. The summed E-state index contributed by atoms with van der Waals surface area (Å²) >= 11 is 0. The molecule has 0 bridgehead atoms. The predicted octanol–water partition coefficient (Wildman–Crippen LogP) is 0.982. The van der Waals surface area contributed by atoms with Gasteiger partial charge in [0.2, 0.25) is 5.91 Å². The number of nitrogens with two attached hydrogens (primary N) is 1. The van der Waals surface area contributed by atoms with Gasteiger partial charge in [0.15, 0.2) is 0 Å². The quantitative estimate of drug-likeness (QED) is 0.819. The summed E-state index contributed by atoms with van der Waals surface area (Å²) in [6.45, 7) is 1.38. The van der Waals surface area contributed by atoms with Gasteiger partial charge in [0, 0.05) is 6.61 Å². The lowest BCUT2D eigenvalue weighted by atomic mass is 10.1. The maximum atomic E-state index is 11.9. The molecule has 1 aromatic rings. The van der Waals surface area contributed by atoms with Gasteiger partial charge in [-0.05, 0) is 18.4 Å². The zero-order valence-electron chi connectivity index (χ0n) is 9.76. The summed E-state index contributed by atoms with van der Waals surface area (Å²) in [5.74, 6) is -0.133. The van der Waals surface area contributed by atoms with E-state index in [-0.39, 0.29) is 11.9 Å². The smallest absolute Gasteiger partial charge is 0.241 e. The molecule has 0 radical (unpaired) electrons.